The highest BCUT2D eigenvalue weighted by Crippen LogP contribution is 2.30. The van der Waals surface area contributed by atoms with Gasteiger partial charge in [0.25, 0.3) is 11.6 Å². The molecule has 0 unspecified atom stereocenters. The SMILES string of the molecule is Cc1ccc([N+](=O)[O-])c(NC(=O)COC(=O)Cc2ccc(Cl)cc2)c1C. The molecule has 1 amide bonds. The first-order valence-corrected chi connectivity index (χ1v) is 8.10. The van der Waals surface area contributed by atoms with Crippen molar-refractivity contribution in [3.05, 3.63) is 68.2 Å². The van der Waals surface area contributed by atoms with E-state index < -0.39 is 23.4 Å². The number of nitro benzene ring substituents is 1. The van der Waals surface area contributed by atoms with Gasteiger partial charge in [0.15, 0.2) is 6.61 Å². The Bertz CT molecular complexity index is 849. The van der Waals surface area contributed by atoms with E-state index in [2.05, 4.69) is 5.32 Å². The predicted molar refractivity (Wildman–Crippen MR) is 97.3 cm³/mol. The van der Waals surface area contributed by atoms with Gasteiger partial charge in [-0.3, -0.25) is 19.7 Å². The van der Waals surface area contributed by atoms with Gasteiger partial charge in [-0.2, -0.15) is 0 Å². The summed E-state index contributed by atoms with van der Waals surface area (Å²) in [5.41, 5.74) is 1.97. The van der Waals surface area contributed by atoms with Crippen LogP contribution >= 0.6 is 11.6 Å². The molecule has 136 valence electrons. The number of nitrogens with one attached hydrogen (secondary N) is 1. The quantitative estimate of drug-likeness (QED) is 0.472. The van der Waals surface area contributed by atoms with E-state index in [4.69, 9.17) is 16.3 Å². The third-order valence-corrected chi connectivity index (χ3v) is 4.05. The zero-order valence-electron chi connectivity index (χ0n) is 14.2. The minimum absolute atomic E-state index is 0.00588. The molecule has 8 heteroatoms. The second-order valence-electron chi connectivity index (χ2n) is 5.67. The maximum atomic E-state index is 12.0. The van der Waals surface area contributed by atoms with Crippen LogP contribution in [-0.4, -0.2) is 23.4 Å². The first kappa shape index (κ1) is 19.4. The van der Waals surface area contributed by atoms with Crippen molar-refractivity contribution in [2.24, 2.45) is 0 Å². The molecule has 26 heavy (non-hydrogen) atoms. The summed E-state index contributed by atoms with van der Waals surface area (Å²) in [6, 6.07) is 9.60. The molecule has 0 saturated carbocycles. The number of rotatable bonds is 6. The summed E-state index contributed by atoms with van der Waals surface area (Å²) in [4.78, 5) is 34.4. The van der Waals surface area contributed by atoms with Gasteiger partial charge in [0.05, 0.1) is 11.3 Å². The maximum Gasteiger partial charge on any atom is 0.310 e. The molecule has 7 nitrogen and oxygen atoms in total. The van der Waals surface area contributed by atoms with Gasteiger partial charge in [-0.1, -0.05) is 29.8 Å². The molecule has 0 aliphatic rings. The molecule has 0 heterocycles. The maximum absolute atomic E-state index is 12.0. The molecule has 0 spiro atoms. The van der Waals surface area contributed by atoms with Crippen LogP contribution < -0.4 is 5.32 Å². The Hall–Kier alpha value is -2.93. The number of nitro groups is 1. The molecule has 2 aromatic rings. The number of benzene rings is 2. The first-order chi connectivity index (χ1) is 12.3. The molecule has 0 fully saturated rings. The summed E-state index contributed by atoms with van der Waals surface area (Å²) in [5, 5.41) is 14.1. The fourth-order valence-corrected chi connectivity index (χ4v) is 2.38. The minimum Gasteiger partial charge on any atom is -0.455 e. The molecule has 2 rings (SSSR count). The Morgan fingerprint density at radius 2 is 1.81 bits per heavy atom. The number of aryl methyl sites for hydroxylation is 1. The first-order valence-electron chi connectivity index (χ1n) is 7.72. The van der Waals surface area contributed by atoms with E-state index >= 15 is 0 Å². The normalized spacial score (nSPS) is 10.3. The fraction of sp³-hybridized carbons (Fsp3) is 0.222. The molecule has 0 atom stereocenters. The summed E-state index contributed by atoms with van der Waals surface area (Å²) >= 11 is 5.77. The van der Waals surface area contributed by atoms with Gasteiger partial charge < -0.3 is 10.1 Å². The van der Waals surface area contributed by atoms with Crippen molar-refractivity contribution >= 4 is 34.9 Å². The Morgan fingerprint density at radius 3 is 2.42 bits per heavy atom. The lowest BCUT2D eigenvalue weighted by Gasteiger charge is -2.11. The molecule has 0 aliphatic carbocycles. The number of esters is 1. The van der Waals surface area contributed by atoms with E-state index in [1.165, 1.54) is 6.07 Å². The zero-order chi connectivity index (χ0) is 19.3. The zero-order valence-corrected chi connectivity index (χ0v) is 15.0. The molecule has 0 aromatic heterocycles. The number of ether oxygens (including phenoxy) is 1. The van der Waals surface area contributed by atoms with E-state index in [-0.39, 0.29) is 17.8 Å². The van der Waals surface area contributed by atoms with Crippen molar-refractivity contribution in [1.82, 2.24) is 0 Å². The number of anilines is 1. The van der Waals surface area contributed by atoms with Gasteiger partial charge >= 0.3 is 5.97 Å². The Labute approximate surface area is 155 Å². The van der Waals surface area contributed by atoms with Crippen LogP contribution in [-0.2, 0) is 20.7 Å². The van der Waals surface area contributed by atoms with E-state index in [0.29, 0.717) is 16.1 Å². The summed E-state index contributed by atoms with van der Waals surface area (Å²) in [5.74, 6) is -1.23. The van der Waals surface area contributed by atoms with Crippen LogP contribution in [0.3, 0.4) is 0 Å². The van der Waals surface area contributed by atoms with Crippen LogP contribution in [0.25, 0.3) is 0 Å². The van der Waals surface area contributed by atoms with Crippen molar-refractivity contribution in [2.45, 2.75) is 20.3 Å². The van der Waals surface area contributed by atoms with Gasteiger partial charge in [-0.05, 0) is 42.7 Å². The van der Waals surface area contributed by atoms with Gasteiger partial charge in [0.1, 0.15) is 5.69 Å². The third-order valence-electron chi connectivity index (χ3n) is 3.80. The van der Waals surface area contributed by atoms with Gasteiger partial charge in [-0.15, -0.1) is 0 Å². The van der Waals surface area contributed by atoms with Crippen LogP contribution in [0.5, 0.6) is 0 Å². The summed E-state index contributed by atoms with van der Waals surface area (Å²) in [6.45, 7) is 2.92. The number of amides is 1. The molecule has 0 radical (unpaired) electrons. The average molecular weight is 377 g/mol. The highest BCUT2D eigenvalue weighted by atomic mass is 35.5. The number of hydrogen-bond acceptors (Lipinski definition) is 5. The van der Waals surface area contributed by atoms with E-state index in [1.54, 1.807) is 44.2 Å². The lowest BCUT2D eigenvalue weighted by atomic mass is 10.1. The van der Waals surface area contributed by atoms with Gasteiger partial charge in [-0.25, -0.2) is 0 Å². The highest BCUT2D eigenvalue weighted by Gasteiger charge is 2.20. The fourth-order valence-electron chi connectivity index (χ4n) is 2.25. The van der Waals surface area contributed by atoms with Gasteiger partial charge in [0.2, 0.25) is 0 Å². The molecular weight excluding hydrogens is 360 g/mol. The van der Waals surface area contributed by atoms with Crippen LogP contribution in [0.1, 0.15) is 16.7 Å². The number of carbonyl (C=O) groups is 2. The van der Waals surface area contributed by atoms with E-state index in [1.807, 2.05) is 0 Å². The Kier molecular flexibility index (Phi) is 6.30. The highest BCUT2D eigenvalue weighted by molar-refractivity contribution is 6.30. The van der Waals surface area contributed by atoms with E-state index in [0.717, 1.165) is 5.56 Å². The van der Waals surface area contributed by atoms with E-state index in [9.17, 15) is 19.7 Å². The lowest BCUT2D eigenvalue weighted by Crippen LogP contribution is -2.22. The molecule has 1 N–H and O–H groups in total. The second kappa shape index (κ2) is 8.44. The van der Waals surface area contributed by atoms with Crippen LogP contribution in [0, 0.1) is 24.0 Å². The van der Waals surface area contributed by atoms with Crippen LogP contribution in [0.15, 0.2) is 36.4 Å². The van der Waals surface area contributed by atoms with Crippen LogP contribution in [0.4, 0.5) is 11.4 Å². The lowest BCUT2D eigenvalue weighted by molar-refractivity contribution is -0.384. The summed E-state index contributed by atoms with van der Waals surface area (Å²) in [6.07, 6.45) is -0.00588. The van der Waals surface area contributed by atoms with Crippen molar-refractivity contribution in [3.8, 4) is 0 Å². The smallest absolute Gasteiger partial charge is 0.310 e. The second-order valence-corrected chi connectivity index (χ2v) is 6.11. The van der Waals surface area contributed by atoms with Crippen molar-refractivity contribution in [1.29, 1.82) is 0 Å². The molecule has 0 bridgehead atoms. The number of halogens is 1. The predicted octanol–water partition coefficient (Wildman–Crippen LogP) is 3.59. The Balaban J connectivity index is 1.97. The number of carbonyl (C=O) groups excluding carboxylic acids is 2. The summed E-state index contributed by atoms with van der Waals surface area (Å²) < 4.78 is 4.93. The van der Waals surface area contributed by atoms with Crippen molar-refractivity contribution in [3.63, 3.8) is 0 Å². The minimum atomic E-state index is -0.647. The molecule has 0 aliphatic heterocycles. The number of nitrogens with zero attached hydrogens (tertiary/aromatic N) is 1. The molecular formula is C18H17ClN2O5. The van der Waals surface area contributed by atoms with Crippen molar-refractivity contribution < 1.29 is 19.2 Å². The average Bonchev–Trinajstić information content (AvgIpc) is 2.59. The number of hydrogen-bond donors (Lipinski definition) is 1. The molecule has 0 saturated heterocycles. The monoisotopic (exact) mass is 376 g/mol. The van der Waals surface area contributed by atoms with Gasteiger partial charge in [0, 0.05) is 11.1 Å². The topological polar surface area (TPSA) is 98.5 Å². The largest absolute Gasteiger partial charge is 0.455 e. The van der Waals surface area contributed by atoms with Crippen molar-refractivity contribution in [2.75, 3.05) is 11.9 Å². The summed E-state index contributed by atoms with van der Waals surface area (Å²) in [7, 11) is 0. The van der Waals surface area contributed by atoms with Crippen LogP contribution in [0.2, 0.25) is 5.02 Å². The molecule has 2 aromatic carbocycles. The third kappa shape index (κ3) is 5.03. The standard InChI is InChI=1S/C18H17ClN2O5/c1-11-3-8-15(21(24)25)18(12(11)2)20-16(22)10-26-17(23)9-13-4-6-14(19)7-5-13/h3-8H,9-10H2,1-2H3,(H,20,22). The Morgan fingerprint density at radius 1 is 1.15 bits per heavy atom.